The van der Waals surface area contributed by atoms with Crippen LogP contribution in [0.2, 0.25) is 0 Å². The van der Waals surface area contributed by atoms with Gasteiger partial charge in [-0.2, -0.15) is 0 Å². The minimum atomic E-state index is -0.997. The second-order valence-electron chi connectivity index (χ2n) is 6.20. The van der Waals surface area contributed by atoms with Crippen molar-refractivity contribution >= 4 is 17.8 Å². The van der Waals surface area contributed by atoms with E-state index in [1.54, 1.807) is 43.3 Å². The Kier molecular flexibility index (Phi) is 5.88. The number of halogens is 1. The molecule has 0 saturated carbocycles. The molecule has 0 aliphatic rings. The molecule has 28 heavy (non-hydrogen) atoms. The molecule has 1 N–H and O–H groups in total. The summed E-state index contributed by atoms with van der Waals surface area (Å²) >= 11 is 0. The molecular formula is C20H19FN2O5. The molecule has 0 radical (unpaired) electrons. The summed E-state index contributed by atoms with van der Waals surface area (Å²) < 4.78 is 29.4. The first-order valence-corrected chi connectivity index (χ1v) is 8.69. The Bertz CT molecular complexity index is 978. The summed E-state index contributed by atoms with van der Waals surface area (Å²) in [6.45, 7) is 3.18. The number of carbonyl (C=O) groups excluding carboxylic acids is 2. The lowest BCUT2D eigenvalue weighted by molar-refractivity contribution is -0.153. The molecule has 146 valence electrons. The maximum Gasteiger partial charge on any atom is 0.307 e. The van der Waals surface area contributed by atoms with Crippen molar-refractivity contribution in [3.8, 4) is 11.3 Å². The average Bonchev–Trinajstić information content (AvgIpc) is 3.29. The van der Waals surface area contributed by atoms with Gasteiger partial charge in [0.2, 0.25) is 5.88 Å². The third-order valence-corrected chi connectivity index (χ3v) is 3.93. The highest BCUT2D eigenvalue weighted by Gasteiger charge is 2.19. The molecule has 1 amide bonds. The Hall–Kier alpha value is -3.42. The number of rotatable bonds is 7. The topological polar surface area (TPSA) is 94.6 Å². The number of hydrogen-bond donors (Lipinski definition) is 1. The van der Waals surface area contributed by atoms with Crippen LogP contribution in [0.4, 0.5) is 10.3 Å². The van der Waals surface area contributed by atoms with Crippen molar-refractivity contribution in [1.82, 2.24) is 5.16 Å². The minimum Gasteiger partial charge on any atom is -0.461 e. The summed E-state index contributed by atoms with van der Waals surface area (Å²) in [6.07, 6.45) is -0.713. The van der Waals surface area contributed by atoms with Crippen LogP contribution >= 0.6 is 0 Å². The van der Waals surface area contributed by atoms with Gasteiger partial charge in [-0.1, -0.05) is 17.3 Å². The molecule has 3 aromatic rings. The zero-order valence-electron chi connectivity index (χ0n) is 15.4. The van der Waals surface area contributed by atoms with Crippen LogP contribution in [0.5, 0.6) is 0 Å². The van der Waals surface area contributed by atoms with E-state index in [1.807, 2.05) is 0 Å². The van der Waals surface area contributed by atoms with Crippen LogP contribution < -0.4 is 5.32 Å². The summed E-state index contributed by atoms with van der Waals surface area (Å²) in [4.78, 5) is 24.0. The fourth-order valence-corrected chi connectivity index (χ4v) is 2.50. The van der Waals surface area contributed by atoms with E-state index in [9.17, 15) is 14.0 Å². The van der Waals surface area contributed by atoms with Gasteiger partial charge in [0, 0.05) is 12.5 Å². The lowest BCUT2D eigenvalue weighted by Crippen LogP contribution is -2.29. The monoisotopic (exact) mass is 386 g/mol. The van der Waals surface area contributed by atoms with Gasteiger partial charge in [-0.15, -0.1) is 0 Å². The summed E-state index contributed by atoms with van der Waals surface area (Å²) in [5.41, 5.74) is 0.970. The minimum absolute atomic E-state index is 0.0171. The molecular weight excluding hydrogens is 367 g/mol. The molecule has 0 bridgehead atoms. The number of nitrogens with zero attached hydrogens (tertiary/aromatic N) is 1. The molecule has 0 spiro atoms. The fourth-order valence-electron chi connectivity index (χ4n) is 2.50. The molecule has 1 aromatic carbocycles. The summed E-state index contributed by atoms with van der Waals surface area (Å²) in [6, 6.07) is 11.1. The quantitative estimate of drug-likeness (QED) is 0.619. The number of anilines is 1. The van der Waals surface area contributed by atoms with Gasteiger partial charge in [0.1, 0.15) is 17.3 Å². The molecule has 0 aliphatic carbocycles. The van der Waals surface area contributed by atoms with Gasteiger partial charge < -0.3 is 13.7 Å². The average molecular weight is 386 g/mol. The maximum atomic E-state index is 13.8. The van der Waals surface area contributed by atoms with Crippen molar-refractivity contribution in [2.24, 2.45) is 0 Å². The summed E-state index contributed by atoms with van der Waals surface area (Å²) in [5, 5.41) is 6.12. The highest BCUT2D eigenvalue weighted by molar-refractivity contribution is 5.94. The van der Waals surface area contributed by atoms with Gasteiger partial charge in [-0.3, -0.25) is 14.9 Å². The number of amides is 1. The van der Waals surface area contributed by atoms with Gasteiger partial charge >= 0.3 is 5.97 Å². The highest BCUT2D eigenvalue weighted by atomic mass is 19.1. The molecule has 0 fully saturated rings. The smallest absolute Gasteiger partial charge is 0.307 e. The standard InChI is InChI=1S/C20H19FN2O5/c1-12-11-18(28-23-12)22-20(25)13(2)26-19(24)10-8-14-7-9-17(27-14)15-5-3-4-6-16(15)21/h3-7,9,11,13H,8,10H2,1-2H3,(H,22,25). The van der Waals surface area contributed by atoms with Gasteiger partial charge in [-0.25, -0.2) is 4.39 Å². The third-order valence-electron chi connectivity index (χ3n) is 3.93. The van der Waals surface area contributed by atoms with Crippen LogP contribution in [0.15, 0.2) is 51.4 Å². The molecule has 1 unspecified atom stereocenters. The van der Waals surface area contributed by atoms with Crippen LogP contribution in [0, 0.1) is 12.7 Å². The molecule has 2 aromatic heterocycles. The Balaban J connectivity index is 1.49. The third kappa shape index (κ3) is 4.85. The fraction of sp³-hybridized carbons (Fsp3) is 0.250. The Labute approximate surface area is 160 Å². The van der Waals surface area contributed by atoms with E-state index in [0.29, 0.717) is 22.8 Å². The first kappa shape index (κ1) is 19.3. The number of esters is 1. The molecule has 8 heteroatoms. The van der Waals surface area contributed by atoms with Crippen LogP contribution in [0.3, 0.4) is 0 Å². The number of ether oxygens (including phenoxy) is 1. The van der Waals surface area contributed by atoms with Crippen LogP contribution in [-0.2, 0) is 20.7 Å². The molecule has 0 aliphatic heterocycles. The molecule has 3 rings (SSSR count). The van der Waals surface area contributed by atoms with Crippen molar-refractivity contribution in [2.45, 2.75) is 32.8 Å². The van der Waals surface area contributed by atoms with Crippen LogP contribution in [0.1, 0.15) is 24.8 Å². The second kappa shape index (κ2) is 8.51. The zero-order chi connectivity index (χ0) is 20.1. The van der Waals surface area contributed by atoms with Crippen LogP contribution in [0.25, 0.3) is 11.3 Å². The number of carbonyl (C=O) groups is 2. The number of aromatic nitrogens is 1. The van der Waals surface area contributed by atoms with E-state index < -0.39 is 18.0 Å². The van der Waals surface area contributed by atoms with Crippen molar-refractivity contribution in [2.75, 3.05) is 5.32 Å². The van der Waals surface area contributed by atoms with Gasteiger partial charge in [0.25, 0.3) is 5.91 Å². The molecule has 1 atom stereocenters. The predicted octanol–water partition coefficient (Wildman–Crippen LogP) is 3.89. The molecule has 2 heterocycles. The lowest BCUT2D eigenvalue weighted by Gasteiger charge is -2.11. The van der Waals surface area contributed by atoms with Crippen molar-refractivity contribution in [3.05, 3.63) is 59.7 Å². The van der Waals surface area contributed by atoms with Crippen molar-refractivity contribution < 1.29 is 27.7 Å². The summed E-state index contributed by atoms with van der Waals surface area (Å²) in [7, 11) is 0. The van der Waals surface area contributed by atoms with Gasteiger partial charge in [0.15, 0.2) is 6.10 Å². The SMILES string of the molecule is Cc1cc(NC(=O)C(C)OC(=O)CCc2ccc(-c3ccccc3F)o2)on1. The van der Waals surface area contributed by atoms with E-state index in [0.717, 1.165) is 0 Å². The molecule has 7 nitrogen and oxygen atoms in total. The number of nitrogens with one attached hydrogen (secondary N) is 1. The number of furan rings is 1. The first-order chi connectivity index (χ1) is 13.4. The normalized spacial score (nSPS) is 11.8. The predicted molar refractivity (Wildman–Crippen MR) is 97.8 cm³/mol. The van der Waals surface area contributed by atoms with E-state index in [-0.39, 0.29) is 24.5 Å². The Morgan fingerprint density at radius 1 is 1.25 bits per heavy atom. The zero-order valence-corrected chi connectivity index (χ0v) is 15.4. The van der Waals surface area contributed by atoms with E-state index in [4.69, 9.17) is 13.7 Å². The van der Waals surface area contributed by atoms with E-state index >= 15 is 0 Å². The molecule has 0 saturated heterocycles. The van der Waals surface area contributed by atoms with Crippen molar-refractivity contribution in [1.29, 1.82) is 0 Å². The van der Waals surface area contributed by atoms with Gasteiger partial charge in [0.05, 0.1) is 17.7 Å². The van der Waals surface area contributed by atoms with Crippen molar-refractivity contribution in [3.63, 3.8) is 0 Å². The maximum absolute atomic E-state index is 13.8. The summed E-state index contributed by atoms with van der Waals surface area (Å²) in [5.74, 6) is -0.378. The number of aryl methyl sites for hydroxylation is 2. The Morgan fingerprint density at radius 3 is 2.75 bits per heavy atom. The number of hydrogen-bond acceptors (Lipinski definition) is 6. The van der Waals surface area contributed by atoms with E-state index in [1.165, 1.54) is 13.0 Å². The van der Waals surface area contributed by atoms with Crippen LogP contribution in [-0.4, -0.2) is 23.1 Å². The second-order valence-corrected chi connectivity index (χ2v) is 6.20. The Morgan fingerprint density at radius 2 is 2.04 bits per heavy atom. The first-order valence-electron chi connectivity index (χ1n) is 8.69. The highest BCUT2D eigenvalue weighted by Crippen LogP contribution is 2.25. The lowest BCUT2D eigenvalue weighted by atomic mass is 10.1. The van der Waals surface area contributed by atoms with Gasteiger partial charge in [-0.05, 0) is 38.1 Å². The number of benzene rings is 1. The van der Waals surface area contributed by atoms with E-state index in [2.05, 4.69) is 10.5 Å². The largest absolute Gasteiger partial charge is 0.461 e.